The lowest BCUT2D eigenvalue weighted by atomic mass is 10.2. The van der Waals surface area contributed by atoms with Crippen LogP contribution in [0.2, 0.25) is 0 Å². The van der Waals surface area contributed by atoms with Gasteiger partial charge in [-0.3, -0.25) is 0 Å². The molecule has 0 spiro atoms. The molecule has 2 rings (SSSR count). The van der Waals surface area contributed by atoms with Crippen LogP contribution in [0.4, 0.5) is 0 Å². The van der Waals surface area contributed by atoms with Crippen molar-refractivity contribution in [2.45, 2.75) is 6.42 Å². The van der Waals surface area contributed by atoms with Crippen LogP contribution in [0.5, 0.6) is 11.5 Å². The third-order valence-corrected chi connectivity index (χ3v) is 3.85. The standard InChI is InChI=1S/C20H30O9/c21-20(22)17-2-3-18-19(16-17)29-15-12-24-5-1-4-23-6-7-25-8-9-26-10-11-27-13-14-28-18/h2-3,16H,1,4-15H2,(H,21,22). The van der Waals surface area contributed by atoms with Gasteiger partial charge in [-0.2, -0.15) is 0 Å². The maximum Gasteiger partial charge on any atom is 0.335 e. The molecule has 1 aliphatic rings. The Hall–Kier alpha value is -1.91. The number of hydrogen-bond acceptors (Lipinski definition) is 8. The number of carboxylic acids is 1. The van der Waals surface area contributed by atoms with Gasteiger partial charge in [0.15, 0.2) is 11.5 Å². The lowest BCUT2D eigenvalue weighted by Gasteiger charge is -2.14. The van der Waals surface area contributed by atoms with E-state index in [2.05, 4.69) is 0 Å². The minimum absolute atomic E-state index is 0.129. The fourth-order valence-electron chi connectivity index (χ4n) is 2.42. The van der Waals surface area contributed by atoms with Crippen molar-refractivity contribution in [2.75, 3.05) is 79.3 Å². The number of hydrogen-bond donors (Lipinski definition) is 1. The number of ether oxygens (including phenoxy) is 7. The Morgan fingerprint density at radius 1 is 0.621 bits per heavy atom. The molecule has 29 heavy (non-hydrogen) atoms. The van der Waals surface area contributed by atoms with Crippen molar-refractivity contribution in [1.82, 2.24) is 0 Å². The molecule has 0 radical (unpaired) electrons. The molecule has 0 aliphatic carbocycles. The van der Waals surface area contributed by atoms with Crippen LogP contribution in [0.3, 0.4) is 0 Å². The molecule has 1 aromatic rings. The maximum atomic E-state index is 11.2. The molecule has 0 unspecified atom stereocenters. The molecular weight excluding hydrogens is 384 g/mol. The number of benzene rings is 1. The van der Waals surface area contributed by atoms with E-state index in [1.54, 1.807) is 6.07 Å². The van der Waals surface area contributed by atoms with Crippen molar-refractivity contribution in [2.24, 2.45) is 0 Å². The molecule has 9 nitrogen and oxygen atoms in total. The molecule has 164 valence electrons. The Morgan fingerprint density at radius 2 is 1.07 bits per heavy atom. The van der Waals surface area contributed by atoms with Gasteiger partial charge in [0.05, 0.1) is 58.4 Å². The summed E-state index contributed by atoms with van der Waals surface area (Å²) in [4.78, 5) is 11.2. The van der Waals surface area contributed by atoms with Crippen molar-refractivity contribution in [3.05, 3.63) is 23.8 Å². The first-order valence-electron chi connectivity index (χ1n) is 9.79. The zero-order valence-corrected chi connectivity index (χ0v) is 16.6. The summed E-state index contributed by atoms with van der Waals surface area (Å²) in [6.45, 7) is 5.50. The van der Waals surface area contributed by atoms with Gasteiger partial charge < -0.3 is 38.3 Å². The van der Waals surface area contributed by atoms with Gasteiger partial charge >= 0.3 is 5.97 Å². The zero-order chi connectivity index (χ0) is 20.6. The molecule has 1 aromatic carbocycles. The zero-order valence-electron chi connectivity index (χ0n) is 16.6. The summed E-state index contributed by atoms with van der Waals surface area (Å²) in [5, 5.41) is 9.18. The molecule has 0 saturated carbocycles. The quantitative estimate of drug-likeness (QED) is 0.734. The van der Waals surface area contributed by atoms with Gasteiger partial charge in [0.2, 0.25) is 0 Å². The third-order valence-electron chi connectivity index (χ3n) is 3.85. The summed E-state index contributed by atoms with van der Waals surface area (Å²) in [7, 11) is 0. The second-order valence-corrected chi connectivity index (χ2v) is 6.08. The highest BCUT2D eigenvalue weighted by Crippen LogP contribution is 2.28. The molecule has 9 heteroatoms. The smallest absolute Gasteiger partial charge is 0.335 e. The summed E-state index contributed by atoms with van der Waals surface area (Å²) in [6, 6.07) is 4.50. The SMILES string of the molecule is O=C(O)c1ccc2c(c1)OCCOCCCOCCOCCOCCOCCO2. The van der Waals surface area contributed by atoms with Gasteiger partial charge in [-0.25, -0.2) is 4.79 Å². The lowest BCUT2D eigenvalue weighted by Crippen LogP contribution is -2.15. The largest absolute Gasteiger partial charge is 0.487 e. The van der Waals surface area contributed by atoms with Crippen LogP contribution in [-0.2, 0) is 23.7 Å². The molecule has 0 fully saturated rings. The van der Waals surface area contributed by atoms with Gasteiger partial charge in [0.1, 0.15) is 13.2 Å². The number of carboxylic acid groups (broad SMARTS) is 1. The Kier molecular flexibility index (Phi) is 12.1. The summed E-state index contributed by atoms with van der Waals surface area (Å²) in [6.07, 6.45) is 0.770. The monoisotopic (exact) mass is 414 g/mol. The van der Waals surface area contributed by atoms with Crippen molar-refractivity contribution in [1.29, 1.82) is 0 Å². The first-order chi connectivity index (χ1) is 14.3. The van der Waals surface area contributed by atoms with Gasteiger partial charge in [0, 0.05) is 13.2 Å². The molecule has 1 N–H and O–H groups in total. The molecule has 1 heterocycles. The summed E-state index contributed by atoms with van der Waals surface area (Å²) in [5.74, 6) is -0.204. The fourth-order valence-corrected chi connectivity index (χ4v) is 2.42. The van der Waals surface area contributed by atoms with E-state index >= 15 is 0 Å². The van der Waals surface area contributed by atoms with Crippen LogP contribution < -0.4 is 9.47 Å². The molecule has 0 atom stereocenters. The average Bonchev–Trinajstić information content (AvgIpc) is 2.72. The normalized spacial score (nSPS) is 19.4. The summed E-state index contributed by atoms with van der Waals surface area (Å²) in [5.41, 5.74) is 0.129. The van der Waals surface area contributed by atoms with Gasteiger partial charge in [-0.05, 0) is 24.6 Å². The van der Waals surface area contributed by atoms with Gasteiger partial charge in [0.25, 0.3) is 0 Å². The number of rotatable bonds is 1. The number of fused-ring (bicyclic) bond motifs is 1. The van der Waals surface area contributed by atoms with Crippen LogP contribution in [0.1, 0.15) is 16.8 Å². The molecule has 0 amide bonds. The molecule has 0 aromatic heterocycles. The van der Waals surface area contributed by atoms with E-state index < -0.39 is 5.97 Å². The topological polar surface area (TPSA) is 102 Å². The first kappa shape index (κ1) is 23.4. The Labute approximate surface area is 170 Å². The predicted octanol–water partition coefficient (Wildman–Crippen LogP) is 1.63. The minimum atomic E-state index is -1.03. The Morgan fingerprint density at radius 3 is 1.59 bits per heavy atom. The lowest BCUT2D eigenvalue weighted by molar-refractivity contribution is -0.00750. The van der Waals surface area contributed by atoms with Crippen LogP contribution >= 0.6 is 0 Å². The van der Waals surface area contributed by atoms with E-state index in [1.165, 1.54) is 12.1 Å². The van der Waals surface area contributed by atoms with Crippen molar-refractivity contribution in [3.8, 4) is 11.5 Å². The Bertz CT molecular complexity index is 579. The van der Waals surface area contributed by atoms with Crippen LogP contribution in [0.25, 0.3) is 0 Å². The van der Waals surface area contributed by atoms with E-state index in [4.69, 9.17) is 33.2 Å². The molecule has 0 saturated heterocycles. The predicted molar refractivity (Wildman–Crippen MR) is 103 cm³/mol. The number of carbonyl (C=O) groups is 1. The highest BCUT2D eigenvalue weighted by molar-refractivity contribution is 5.88. The van der Waals surface area contributed by atoms with E-state index in [9.17, 15) is 9.90 Å². The fraction of sp³-hybridized carbons (Fsp3) is 0.650. The van der Waals surface area contributed by atoms with E-state index in [-0.39, 0.29) is 12.2 Å². The average molecular weight is 414 g/mol. The van der Waals surface area contributed by atoms with Crippen molar-refractivity contribution < 1.29 is 43.1 Å². The molecule has 1 aliphatic heterocycles. The van der Waals surface area contributed by atoms with Crippen molar-refractivity contribution in [3.63, 3.8) is 0 Å². The summed E-state index contributed by atoms with van der Waals surface area (Å²) >= 11 is 0. The van der Waals surface area contributed by atoms with Crippen LogP contribution in [-0.4, -0.2) is 90.4 Å². The van der Waals surface area contributed by atoms with Gasteiger partial charge in [-0.1, -0.05) is 0 Å². The summed E-state index contributed by atoms with van der Waals surface area (Å²) < 4.78 is 38.6. The third kappa shape index (κ3) is 10.4. The minimum Gasteiger partial charge on any atom is -0.487 e. The van der Waals surface area contributed by atoms with Crippen molar-refractivity contribution >= 4 is 5.97 Å². The second kappa shape index (κ2) is 15.0. The van der Waals surface area contributed by atoms with Crippen LogP contribution in [0, 0.1) is 0 Å². The number of aromatic carboxylic acids is 1. The van der Waals surface area contributed by atoms with Crippen LogP contribution in [0.15, 0.2) is 18.2 Å². The van der Waals surface area contributed by atoms with E-state index in [0.29, 0.717) is 84.2 Å². The molecule has 0 bridgehead atoms. The second-order valence-electron chi connectivity index (χ2n) is 6.08. The highest BCUT2D eigenvalue weighted by Gasteiger charge is 2.11. The molecular formula is C20H30O9. The van der Waals surface area contributed by atoms with E-state index in [0.717, 1.165) is 6.42 Å². The van der Waals surface area contributed by atoms with Gasteiger partial charge in [-0.15, -0.1) is 0 Å². The van der Waals surface area contributed by atoms with E-state index in [1.807, 2.05) is 0 Å². The first-order valence-corrected chi connectivity index (χ1v) is 9.79. The maximum absolute atomic E-state index is 11.2. The highest BCUT2D eigenvalue weighted by atomic mass is 16.6. The Balaban J connectivity index is 1.84.